The highest BCUT2D eigenvalue weighted by Gasteiger charge is 2.35. The van der Waals surface area contributed by atoms with Crippen LogP contribution in [0.15, 0.2) is 0 Å². The van der Waals surface area contributed by atoms with Crippen molar-refractivity contribution in [1.82, 2.24) is 5.32 Å². The Morgan fingerprint density at radius 2 is 2.14 bits per heavy atom. The molecule has 0 aliphatic carbocycles. The highest BCUT2D eigenvalue weighted by atomic mass is 32.2. The molecule has 0 aromatic rings. The molecule has 0 amide bonds. The molecule has 2 unspecified atom stereocenters. The second-order valence-electron chi connectivity index (χ2n) is 4.28. The first-order chi connectivity index (χ1) is 6.57. The molecule has 2 fully saturated rings. The quantitative estimate of drug-likeness (QED) is 0.722. The van der Waals surface area contributed by atoms with Gasteiger partial charge in [0.15, 0.2) is 9.84 Å². The second-order valence-corrected chi connectivity index (χ2v) is 6.43. The van der Waals surface area contributed by atoms with E-state index < -0.39 is 9.84 Å². The zero-order valence-corrected chi connectivity index (χ0v) is 9.22. The lowest BCUT2D eigenvalue weighted by molar-refractivity contribution is 0.0808. The van der Waals surface area contributed by atoms with Crippen LogP contribution in [0.2, 0.25) is 0 Å². The number of sulfone groups is 1. The molecule has 14 heavy (non-hydrogen) atoms. The molecule has 2 aliphatic rings. The van der Waals surface area contributed by atoms with Crippen molar-refractivity contribution >= 4 is 9.84 Å². The van der Waals surface area contributed by atoms with Gasteiger partial charge >= 0.3 is 0 Å². The summed E-state index contributed by atoms with van der Waals surface area (Å²) in [6, 6.07) is 0.428. The van der Waals surface area contributed by atoms with Crippen molar-refractivity contribution in [2.75, 3.05) is 18.1 Å². The Kier molecular flexibility index (Phi) is 2.81. The predicted octanol–water partition coefficient (Wildman–Crippen LogP) is -0.0595. The number of ether oxygens (including phenoxy) is 1. The summed E-state index contributed by atoms with van der Waals surface area (Å²) in [6.07, 6.45) is 2.49. The largest absolute Gasteiger partial charge is 0.377 e. The number of rotatable bonds is 3. The molecule has 0 aromatic heterocycles. The molecule has 0 spiro atoms. The van der Waals surface area contributed by atoms with Crippen molar-refractivity contribution in [3.8, 4) is 0 Å². The first-order valence-electron chi connectivity index (χ1n) is 5.15. The molecule has 2 heterocycles. The fraction of sp³-hybridized carbons (Fsp3) is 1.00. The maximum atomic E-state index is 10.9. The van der Waals surface area contributed by atoms with Crippen molar-refractivity contribution in [2.24, 2.45) is 0 Å². The van der Waals surface area contributed by atoms with Gasteiger partial charge in [-0.2, -0.15) is 0 Å². The SMILES string of the molecule is CC(NC1CS(=O)(=O)C1)C1CCCO1. The number of hydrogen-bond donors (Lipinski definition) is 1. The third-order valence-corrected chi connectivity index (χ3v) is 4.75. The van der Waals surface area contributed by atoms with Crippen LogP contribution in [0.25, 0.3) is 0 Å². The summed E-state index contributed by atoms with van der Waals surface area (Å²) in [6.45, 7) is 2.92. The first-order valence-corrected chi connectivity index (χ1v) is 6.97. The van der Waals surface area contributed by atoms with Crippen LogP contribution in [0.4, 0.5) is 0 Å². The molecule has 2 saturated heterocycles. The molecule has 82 valence electrons. The van der Waals surface area contributed by atoms with Crippen LogP contribution in [0.3, 0.4) is 0 Å². The smallest absolute Gasteiger partial charge is 0.153 e. The molecule has 0 saturated carbocycles. The van der Waals surface area contributed by atoms with Crippen molar-refractivity contribution in [1.29, 1.82) is 0 Å². The van der Waals surface area contributed by atoms with Gasteiger partial charge in [-0.3, -0.25) is 0 Å². The Bertz CT molecular complexity index is 283. The van der Waals surface area contributed by atoms with Gasteiger partial charge < -0.3 is 10.1 Å². The molecule has 0 aromatic carbocycles. The van der Waals surface area contributed by atoms with E-state index >= 15 is 0 Å². The molecule has 1 N–H and O–H groups in total. The van der Waals surface area contributed by atoms with Crippen molar-refractivity contribution in [2.45, 2.75) is 38.0 Å². The van der Waals surface area contributed by atoms with Crippen LogP contribution >= 0.6 is 0 Å². The molecular formula is C9H17NO3S. The summed E-state index contributed by atoms with van der Waals surface area (Å²) in [5.41, 5.74) is 0. The fourth-order valence-corrected chi connectivity index (χ4v) is 3.46. The minimum Gasteiger partial charge on any atom is -0.377 e. The molecular weight excluding hydrogens is 202 g/mol. The van der Waals surface area contributed by atoms with Gasteiger partial charge in [-0.25, -0.2) is 8.42 Å². The average molecular weight is 219 g/mol. The molecule has 2 aliphatic heterocycles. The molecule has 2 rings (SSSR count). The summed E-state index contributed by atoms with van der Waals surface area (Å²) < 4.78 is 27.4. The Morgan fingerprint density at radius 1 is 1.43 bits per heavy atom. The van der Waals surface area contributed by atoms with E-state index in [0.29, 0.717) is 11.5 Å². The molecule has 0 bridgehead atoms. The minimum atomic E-state index is -2.70. The molecule has 4 nitrogen and oxygen atoms in total. The Labute approximate surface area is 84.9 Å². The average Bonchev–Trinajstić information content (AvgIpc) is 2.51. The van der Waals surface area contributed by atoms with Crippen LogP contribution in [0.5, 0.6) is 0 Å². The van der Waals surface area contributed by atoms with Crippen LogP contribution < -0.4 is 5.32 Å². The van der Waals surface area contributed by atoms with Gasteiger partial charge in [0, 0.05) is 18.7 Å². The van der Waals surface area contributed by atoms with Gasteiger partial charge in [-0.1, -0.05) is 0 Å². The van der Waals surface area contributed by atoms with Crippen LogP contribution in [-0.4, -0.2) is 44.7 Å². The lowest BCUT2D eigenvalue weighted by atomic mass is 10.1. The van der Waals surface area contributed by atoms with E-state index in [1.165, 1.54) is 0 Å². The lowest BCUT2D eigenvalue weighted by Gasteiger charge is -2.31. The van der Waals surface area contributed by atoms with E-state index in [1.54, 1.807) is 0 Å². The molecule has 2 atom stereocenters. The van der Waals surface area contributed by atoms with Crippen molar-refractivity contribution in [3.63, 3.8) is 0 Å². The second kappa shape index (κ2) is 3.79. The van der Waals surface area contributed by atoms with Gasteiger partial charge in [0.2, 0.25) is 0 Å². The third-order valence-electron chi connectivity index (χ3n) is 2.93. The highest BCUT2D eigenvalue weighted by molar-refractivity contribution is 7.92. The monoisotopic (exact) mass is 219 g/mol. The van der Waals surface area contributed by atoms with E-state index in [2.05, 4.69) is 12.2 Å². The van der Waals surface area contributed by atoms with Gasteiger partial charge in [0.05, 0.1) is 17.6 Å². The Morgan fingerprint density at radius 3 is 2.64 bits per heavy atom. The summed E-state index contributed by atoms with van der Waals surface area (Å²) in [5.74, 6) is 0.591. The first kappa shape index (κ1) is 10.4. The third kappa shape index (κ3) is 2.27. The van der Waals surface area contributed by atoms with Crippen LogP contribution in [0, 0.1) is 0 Å². The van der Waals surface area contributed by atoms with E-state index in [1.807, 2.05) is 0 Å². The standard InChI is InChI=1S/C9H17NO3S/c1-7(9-3-2-4-13-9)10-8-5-14(11,12)6-8/h7-10H,2-6H2,1H3. The highest BCUT2D eigenvalue weighted by Crippen LogP contribution is 2.18. The summed E-state index contributed by atoms with van der Waals surface area (Å²) in [5, 5.41) is 3.31. The van der Waals surface area contributed by atoms with Crippen LogP contribution in [0.1, 0.15) is 19.8 Å². The van der Waals surface area contributed by atoms with Gasteiger partial charge in [-0.15, -0.1) is 0 Å². The van der Waals surface area contributed by atoms with Crippen molar-refractivity contribution < 1.29 is 13.2 Å². The molecule has 0 radical (unpaired) electrons. The Balaban J connectivity index is 1.75. The summed E-state index contributed by atoms with van der Waals surface area (Å²) >= 11 is 0. The van der Waals surface area contributed by atoms with E-state index in [0.717, 1.165) is 19.4 Å². The maximum Gasteiger partial charge on any atom is 0.153 e. The number of nitrogens with one attached hydrogen (secondary N) is 1. The normalized spacial score (nSPS) is 33.9. The van der Waals surface area contributed by atoms with E-state index in [-0.39, 0.29) is 18.2 Å². The van der Waals surface area contributed by atoms with Gasteiger partial charge in [0.25, 0.3) is 0 Å². The van der Waals surface area contributed by atoms with Gasteiger partial charge in [0.1, 0.15) is 0 Å². The van der Waals surface area contributed by atoms with E-state index in [9.17, 15) is 8.42 Å². The topological polar surface area (TPSA) is 55.4 Å². The van der Waals surface area contributed by atoms with Crippen LogP contribution in [-0.2, 0) is 14.6 Å². The Hall–Kier alpha value is -0.130. The predicted molar refractivity (Wildman–Crippen MR) is 54.0 cm³/mol. The van der Waals surface area contributed by atoms with Gasteiger partial charge in [-0.05, 0) is 19.8 Å². The molecule has 5 heteroatoms. The minimum absolute atomic E-state index is 0.152. The van der Waals surface area contributed by atoms with E-state index in [4.69, 9.17) is 4.74 Å². The van der Waals surface area contributed by atoms with Crippen molar-refractivity contribution in [3.05, 3.63) is 0 Å². The summed E-state index contributed by atoms with van der Waals surface area (Å²) in [4.78, 5) is 0. The fourth-order valence-electron chi connectivity index (χ4n) is 2.14. The summed E-state index contributed by atoms with van der Waals surface area (Å²) in [7, 11) is -2.70. The zero-order valence-electron chi connectivity index (χ0n) is 8.40. The lowest BCUT2D eigenvalue weighted by Crippen LogP contribution is -2.55. The number of hydrogen-bond acceptors (Lipinski definition) is 4. The zero-order chi connectivity index (χ0) is 10.2. The maximum absolute atomic E-state index is 10.9.